The minimum absolute atomic E-state index is 0.0941. The zero-order valence-electron chi connectivity index (χ0n) is 15.2. The second kappa shape index (κ2) is 8.49. The summed E-state index contributed by atoms with van der Waals surface area (Å²) < 4.78 is 42.0. The van der Waals surface area contributed by atoms with E-state index in [2.05, 4.69) is 25.6 Å². The first kappa shape index (κ1) is 19.8. The standard InChI is InChI=1S/C19H13F3N6OS/c20-12-5-6-15(14(22)7-12)25-16(29)9-30-19-17-18(23-10-24-19)28(27-26-17)8-11-3-1-2-4-13(11)21/h1-7,10H,8-9H2,(H,25,29). The molecule has 7 nitrogen and oxygen atoms in total. The summed E-state index contributed by atoms with van der Waals surface area (Å²) in [6, 6.07) is 9.18. The molecule has 0 saturated carbocycles. The fourth-order valence-corrected chi connectivity index (χ4v) is 3.41. The highest BCUT2D eigenvalue weighted by Crippen LogP contribution is 2.24. The van der Waals surface area contributed by atoms with E-state index in [1.54, 1.807) is 18.2 Å². The van der Waals surface area contributed by atoms with Gasteiger partial charge in [-0.1, -0.05) is 35.2 Å². The summed E-state index contributed by atoms with van der Waals surface area (Å²) in [6.45, 7) is 0.134. The van der Waals surface area contributed by atoms with Crippen molar-refractivity contribution in [2.75, 3.05) is 11.1 Å². The van der Waals surface area contributed by atoms with Crippen LogP contribution in [0, 0.1) is 17.5 Å². The number of halogens is 3. The molecule has 0 aliphatic heterocycles. The Hall–Kier alpha value is -3.47. The fourth-order valence-electron chi connectivity index (χ4n) is 2.68. The van der Waals surface area contributed by atoms with Crippen LogP contribution in [0.1, 0.15) is 5.56 Å². The quantitative estimate of drug-likeness (QED) is 0.373. The molecule has 0 aliphatic rings. The van der Waals surface area contributed by atoms with Gasteiger partial charge in [0.05, 0.1) is 18.0 Å². The Balaban J connectivity index is 1.48. The lowest BCUT2D eigenvalue weighted by molar-refractivity contribution is -0.113. The summed E-state index contributed by atoms with van der Waals surface area (Å²) in [6.07, 6.45) is 1.30. The summed E-state index contributed by atoms with van der Waals surface area (Å²) in [5, 5.41) is 10.8. The number of nitrogens with one attached hydrogen (secondary N) is 1. The number of carbonyl (C=O) groups excluding carboxylic acids is 1. The van der Waals surface area contributed by atoms with E-state index in [-0.39, 0.29) is 23.8 Å². The number of amides is 1. The Morgan fingerprint density at radius 1 is 1.07 bits per heavy atom. The average molecular weight is 430 g/mol. The lowest BCUT2D eigenvalue weighted by Gasteiger charge is -2.06. The highest BCUT2D eigenvalue weighted by atomic mass is 32.2. The van der Waals surface area contributed by atoms with Crippen LogP contribution in [0.2, 0.25) is 0 Å². The van der Waals surface area contributed by atoms with Gasteiger partial charge in [-0.05, 0) is 18.2 Å². The number of fused-ring (bicyclic) bond motifs is 1. The number of hydrogen-bond donors (Lipinski definition) is 1. The first-order valence-electron chi connectivity index (χ1n) is 8.66. The maximum absolute atomic E-state index is 13.9. The van der Waals surface area contributed by atoms with E-state index in [0.29, 0.717) is 27.8 Å². The van der Waals surface area contributed by atoms with Gasteiger partial charge in [0.25, 0.3) is 0 Å². The lowest BCUT2D eigenvalue weighted by atomic mass is 10.2. The van der Waals surface area contributed by atoms with Crippen molar-refractivity contribution in [2.45, 2.75) is 11.6 Å². The van der Waals surface area contributed by atoms with Gasteiger partial charge < -0.3 is 5.32 Å². The van der Waals surface area contributed by atoms with Crippen LogP contribution in [0.4, 0.5) is 18.9 Å². The largest absolute Gasteiger partial charge is 0.323 e. The number of rotatable bonds is 6. The SMILES string of the molecule is O=C(CSc1ncnc2c1nnn2Cc1ccccc1F)Nc1ccc(F)cc1F. The smallest absolute Gasteiger partial charge is 0.234 e. The first-order valence-corrected chi connectivity index (χ1v) is 9.65. The summed E-state index contributed by atoms with van der Waals surface area (Å²) in [5.74, 6) is -2.57. The molecule has 0 fully saturated rings. The zero-order valence-corrected chi connectivity index (χ0v) is 16.0. The first-order chi connectivity index (χ1) is 14.5. The molecule has 4 aromatic rings. The molecule has 0 aliphatic carbocycles. The Kier molecular flexibility index (Phi) is 5.61. The van der Waals surface area contributed by atoms with Crippen LogP contribution in [0.5, 0.6) is 0 Å². The summed E-state index contributed by atoms with van der Waals surface area (Å²) in [5.41, 5.74) is 1.06. The molecule has 0 spiro atoms. The van der Waals surface area contributed by atoms with Crippen LogP contribution < -0.4 is 5.32 Å². The van der Waals surface area contributed by atoms with Gasteiger partial charge in [0, 0.05) is 11.6 Å². The van der Waals surface area contributed by atoms with Crippen LogP contribution in [0.3, 0.4) is 0 Å². The number of nitrogens with zero attached hydrogens (tertiary/aromatic N) is 5. The van der Waals surface area contributed by atoms with E-state index < -0.39 is 17.5 Å². The van der Waals surface area contributed by atoms with Crippen molar-refractivity contribution in [1.29, 1.82) is 0 Å². The van der Waals surface area contributed by atoms with Gasteiger partial charge in [-0.3, -0.25) is 4.79 Å². The number of hydrogen-bond acceptors (Lipinski definition) is 6. The van der Waals surface area contributed by atoms with Gasteiger partial charge in [-0.15, -0.1) is 5.10 Å². The Morgan fingerprint density at radius 2 is 1.90 bits per heavy atom. The van der Waals surface area contributed by atoms with E-state index in [1.807, 2.05) is 0 Å². The maximum atomic E-state index is 13.9. The zero-order chi connectivity index (χ0) is 21.1. The molecule has 0 radical (unpaired) electrons. The number of thioether (sulfide) groups is 1. The predicted molar refractivity (Wildman–Crippen MR) is 104 cm³/mol. The molecule has 11 heteroatoms. The number of carbonyl (C=O) groups is 1. The summed E-state index contributed by atoms with van der Waals surface area (Å²) in [4.78, 5) is 20.4. The molecule has 0 saturated heterocycles. The van der Waals surface area contributed by atoms with Gasteiger partial charge in [-0.25, -0.2) is 27.8 Å². The van der Waals surface area contributed by atoms with E-state index in [9.17, 15) is 18.0 Å². The van der Waals surface area contributed by atoms with Gasteiger partial charge in [0.15, 0.2) is 11.2 Å². The molecule has 1 N–H and O–H groups in total. The topological polar surface area (TPSA) is 85.6 Å². The molecule has 0 bridgehead atoms. The molecule has 1 amide bonds. The third-order valence-electron chi connectivity index (χ3n) is 4.09. The number of aromatic nitrogens is 5. The molecule has 152 valence electrons. The highest BCUT2D eigenvalue weighted by molar-refractivity contribution is 8.00. The highest BCUT2D eigenvalue weighted by Gasteiger charge is 2.15. The van der Waals surface area contributed by atoms with Gasteiger partial charge in [-0.2, -0.15) is 0 Å². The number of anilines is 1. The Labute approximate surface area is 172 Å². The van der Waals surface area contributed by atoms with E-state index in [1.165, 1.54) is 17.1 Å². The Bertz CT molecular complexity index is 1230. The monoisotopic (exact) mass is 430 g/mol. The van der Waals surface area contributed by atoms with Crippen LogP contribution in [-0.4, -0.2) is 36.6 Å². The van der Waals surface area contributed by atoms with Gasteiger partial charge in [0.2, 0.25) is 5.91 Å². The van der Waals surface area contributed by atoms with Crippen molar-refractivity contribution in [3.63, 3.8) is 0 Å². The van der Waals surface area contributed by atoms with Crippen LogP contribution in [-0.2, 0) is 11.3 Å². The molecule has 30 heavy (non-hydrogen) atoms. The molecular weight excluding hydrogens is 417 g/mol. The molecule has 0 atom stereocenters. The molecule has 4 rings (SSSR count). The molecule has 2 aromatic carbocycles. The van der Waals surface area contributed by atoms with E-state index in [4.69, 9.17) is 0 Å². The minimum Gasteiger partial charge on any atom is -0.323 e. The lowest BCUT2D eigenvalue weighted by Crippen LogP contribution is -2.15. The predicted octanol–water partition coefficient (Wildman–Crippen LogP) is 3.42. The second-order valence-corrected chi connectivity index (χ2v) is 7.11. The van der Waals surface area contributed by atoms with Crippen molar-refractivity contribution >= 4 is 34.5 Å². The van der Waals surface area contributed by atoms with Gasteiger partial charge >= 0.3 is 0 Å². The van der Waals surface area contributed by atoms with Crippen molar-refractivity contribution in [1.82, 2.24) is 25.0 Å². The van der Waals surface area contributed by atoms with Crippen molar-refractivity contribution in [2.24, 2.45) is 0 Å². The molecule has 2 heterocycles. The number of benzene rings is 2. The van der Waals surface area contributed by atoms with Crippen molar-refractivity contribution in [3.8, 4) is 0 Å². The van der Waals surface area contributed by atoms with Crippen molar-refractivity contribution < 1.29 is 18.0 Å². The van der Waals surface area contributed by atoms with Crippen LogP contribution in [0.25, 0.3) is 11.2 Å². The Morgan fingerprint density at radius 3 is 2.70 bits per heavy atom. The second-order valence-electron chi connectivity index (χ2n) is 6.15. The summed E-state index contributed by atoms with van der Waals surface area (Å²) in [7, 11) is 0. The minimum atomic E-state index is -0.867. The molecule has 0 unspecified atom stereocenters. The third kappa shape index (κ3) is 4.25. The molecule has 2 aromatic heterocycles. The van der Waals surface area contributed by atoms with E-state index >= 15 is 0 Å². The van der Waals surface area contributed by atoms with Gasteiger partial charge in [0.1, 0.15) is 28.8 Å². The summed E-state index contributed by atoms with van der Waals surface area (Å²) >= 11 is 1.06. The van der Waals surface area contributed by atoms with E-state index in [0.717, 1.165) is 23.9 Å². The molecular formula is C19H13F3N6OS. The average Bonchev–Trinajstić information content (AvgIpc) is 3.14. The van der Waals surface area contributed by atoms with Crippen LogP contribution >= 0.6 is 11.8 Å². The van der Waals surface area contributed by atoms with Crippen LogP contribution in [0.15, 0.2) is 53.8 Å². The van der Waals surface area contributed by atoms with Crippen molar-refractivity contribution in [3.05, 3.63) is 71.8 Å². The normalized spacial score (nSPS) is 11.0. The maximum Gasteiger partial charge on any atom is 0.234 e. The third-order valence-corrected chi connectivity index (χ3v) is 5.07. The fraction of sp³-hybridized carbons (Fsp3) is 0.105.